The monoisotopic (exact) mass is 303 g/mol. The van der Waals surface area contributed by atoms with Gasteiger partial charge in [0.2, 0.25) is 6.10 Å². The Hall–Kier alpha value is -2.21. The zero-order chi connectivity index (χ0) is 16.2. The van der Waals surface area contributed by atoms with Gasteiger partial charge in [-0.25, -0.2) is 0 Å². The number of nitriles is 1. The number of nitrogens with zero attached hydrogens (tertiary/aromatic N) is 1. The van der Waals surface area contributed by atoms with Crippen LogP contribution >= 0.6 is 0 Å². The number of hydrogen-bond acceptors (Lipinski definition) is 8. The van der Waals surface area contributed by atoms with Crippen LogP contribution in [-0.4, -0.2) is 48.7 Å². The fourth-order valence-corrected chi connectivity index (χ4v) is 1.85. The van der Waals surface area contributed by atoms with Gasteiger partial charge in [0.25, 0.3) is 0 Å². The normalized spacial score (nSPS) is 31.7. The summed E-state index contributed by atoms with van der Waals surface area (Å²) in [5.74, 6) is -5.48. The van der Waals surface area contributed by atoms with Gasteiger partial charge in [-0.1, -0.05) is 0 Å². The van der Waals surface area contributed by atoms with Crippen LogP contribution in [0.3, 0.4) is 0 Å². The highest BCUT2D eigenvalue weighted by atomic mass is 19.2. The molecule has 1 heterocycles. The third kappa shape index (κ3) is 4.13. The van der Waals surface area contributed by atoms with E-state index >= 15 is 0 Å². The Morgan fingerprint density at radius 2 is 1.67 bits per heavy atom. The Morgan fingerprint density at radius 1 is 1.14 bits per heavy atom. The van der Waals surface area contributed by atoms with Crippen molar-refractivity contribution in [2.45, 2.75) is 44.9 Å². The van der Waals surface area contributed by atoms with Gasteiger partial charge in [-0.2, -0.15) is 9.65 Å². The van der Waals surface area contributed by atoms with Gasteiger partial charge in [0, 0.05) is 20.8 Å². The van der Waals surface area contributed by atoms with Gasteiger partial charge in [-0.05, 0) is 0 Å². The minimum atomic E-state index is -3.01. The lowest BCUT2D eigenvalue weighted by atomic mass is 9.98. The molecule has 0 aromatic carbocycles. The van der Waals surface area contributed by atoms with E-state index in [-0.39, 0.29) is 0 Å². The SMILES string of the molecule is CC(=O)O[C@@H]1[C@H](OC(C)=O)CO[C@@](F)(C#N)[C@H]1OC(C)=O. The molecule has 1 fully saturated rings. The second-order valence-electron chi connectivity index (χ2n) is 4.32. The highest BCUT2D eigenvalue weighted by Gasteiger charge is 2.57. The van der Waals surface area contributed by atoms with E-state index in [4.69, 9.17) is 19.5 Å². The molecule has 21 heavy (non-hydrogen) atoms. The van der Waals surface area contributed by atoms with Crippen molar-refractivity contribution < 1.29 is 37.7 Å². The molecule has 4 atom stereocenters. The molecule has 0 spiro atoms. The fraction of sp³-hybridized carbons (Fsp3) is 0.667. The highest BCUT2D eigenvalue weighted by Crippen LogP contribution is 2.32. The first kappa shape index (κ1) is 16.8. The largest absolute Gasteiger partial charge is 0.456 e. The number of halogens is 1. The van der Waals surface area contributed by atoms with Gasteiger partial charge < -0.3 is 18.9 Å². The second-order valence-corrected chi connectivity index (χ2v) is 4.32. The topological polar surface area (TPSA) is 112 Å². The molecule has 1 rings (SSSR count). The summed E-state index contributed by atoms with van der Waals surface area (Å²) in [5, 5.41) is 8.86. The van der Waals surface area contributed by atoms with Crippen LogP contribution in [0.25, 0.3) is 0 Å². The van der Waals surface area contributed by atoms with Crippen LogP contribution in [0, 0.1) is 11.3 Å². The van der Waals surface area contributed by atoms with Gasteiger partial charge in [0.1, 0.15) is 6.07 Å². The summed E-state index contributed by atoms with van der Waals surface area (Å²) in [7, 11) is 0. The Morgan fingerprint density at radius 3 is 2.10 bits per heavy atom. The molecule has 1 saturated heterocycles. The van der Waals surface area contributed by atoms with Crippen molar-refractivity contribution in [2.75, 3.05) is 6.61 Å². The van der Waals surface area contributed by atoms with E-state index in [0.29, 0.717) is 0 Å². The van der Waals surface area contributed by atoms with Crippen molar-refractivity contribution in [2.24, 2.45) is 0 Å². The quantitative estimate of drug-likeness (QED) is 0.529. The maximum atomic E-state index is 14.3. The molecule has 0 aromatic rings. The molecule has 9 heteroatoms. The molecule has 116 valence electrons. The van der Waals surface area contributed by atoms with Crippen molar-refractivity contribution in [1.82, 2.24) is 0 Å². The minimum absolute atomic E-state index is 0.528. The molecule has 0 bridgehead atoms. The van der Waals surface area contributed by atoms with Crippen molar-refractivity contribution in [1.29, 1.82) is 5.26 Å². The predicted octanol–water partition coefficient (Wildman–Crippen LogP) is 0.00108. The number of esters is 3. The molecule has 0 unspecified atom stereocenters. The summed E-state index contributed by atoms with van der Waals surface area (Å²) < 4.78 is 33.4. The lowest BCUT2D eigenvalue weighted by Gasteiger charge is -2.40. The molecule has 1 aliphatic rings. The Balaban J connectivity index is 3.13. The summed E-state index contributed by atoms with van der Waals surface area (Å²) in [5.41, 5.74) is 0. The van der Waals surface area contributed by atoms with E-state index in [1.807, 2.05) is 0 Å². The van der Waals surface area contributed by atoms with Crippen molar-refractivity contribution in [3.63, 3.8) is 0 Å². The van der Waals surface area contributed by atoms with Gasteiger partial charge >= 0.3 is 23.8 Å². The average molecular weight is 303 g/mol. The molecule has 0 aromatic heterocycles. The summed E-state index contributed by atoms with van der Waals surface area (Å²) in [6.45, 7) is 2.59. The first-order chi connectivity index (χ1) is 9.69. The van der Waals surface area contributed by atoms with Gasteiger partial charge in [-0.3, -0.25) is 14.4 Å². The van der Waals surface area contributed by atoms with Crippen LogP contribution in [0.2, 0.25) is 0 Å². The lowest BCUT2D eigenvalue weighted by molar-refractivity contribution is -0.274. The Bertz CT molecular complexity index is 488. The van der Waals surface area contributed by atoms with Gasteiger partial charge in [-0.15, -0.1) is 0 Å². The Labute approximate surface area is 119 Å². The fourth-order valence-electron chi connectivity index (χ4n) is 1.85. The summed E-state index contributed by atoms with van der Waals surface area (Å²) in [4.78, 5) is 33.2. The van der Waals surface area contributed by atoms with Crippen molar-refractivity contribution >= 4 is 17.9 Å². The highest BCUT2D eigenvalue weighted by molar-refractivity contribution is 5.68. The minimum Gasteiger partial charge on any atom is -0.456 e. The van der Waals surface area contributed by atoms with E-state index in [0.717, 1.165) is 20.8 Å². The van der Waals surface area contributed by atoms with Crippen LogP contribution < -0.4 is 0 Å². The number of rotatable bonds is 3. The Kier molecular flexibility index (Phi) is 5.21. The van der Waals surface area contributed by atoms with E-state index in [2.05, 4.69) is 4.74 Å². The van der Waals surface area contributed by atoms with E-state index < -0.39 is 48.7 Å². The van der Waals surface area contributed by atoms with Gasteiger partial charge in [0.05, 0.1) is 6.61 Å². The predicted molar refractivity (Wildman–Crippen MR) is 62.1 cm³/mol. The van der Waals surface area contributed by atoms with Crippen LogP contribution in [0.4, 0.5) is 4.39 Å². The van der Waals surface area contributed by atoms with E-state index in [1.165, 1.54) is 6.07 Å². The summed E-state index contributed by atoms with van der Waals surface area (Å²) in [6.07, 6.45) is -4.57. The number of carbonyl (C=O) groups excluding carboxylic acids is 3. The molecule has 0 radical (unpaired) electrons. The molecule has 0 saturated carbocycles. The molecule has 0 aliphatic carbocycles. The maximum Gasteiger partial charge on any atom is 0.338 e. The summed E-state index contributed by atoms with van der Waals surface area (Å²) >= 11 is 0. The first-order valence-electron chi connectivity index (χ1n) is 5.95. The van der Waals surface area contributed by atoms with Crippen LogP contribution in [0.15, 0.2) is 0 Å². The van der Waals surface area contributed by atoms with Crippen LogP contribution in [0.5, 0.6) is 0 Å². The molecular weight excluding hydrogens is 289 g/mol. The maximum absolute atomic E-state index is 14.3. The lowest BCUT2D eigenvalue weighted by Crippen LogP contribution is -2.61. The van der Waals surface area contributed by atoms with E-state index in [1.54, 1.807) is 0 Å². The van der Waals surface area contributed by atoms with Crippen molar-refractivity contribution in [3.05, 3.63) is 0 Å². The average Bonchev–Trinajstić information content (AvgIpc) is 2.36. The smallest absolute Gasteiger partial charge is 0.338 e. The van der Waals surface area contributed by atoms with Crippen LogP contribution in [-0.2, 0) is 33.3 Å². The van der Waals surface area contributed by atoms with Gasteiger partial charge in [0.15, 0.2) is 12.2 Å². The molecule has 8 nitrogen and oxygen atoms in total. The zero-order valence-electron chi connectivity index (χ0n) is 11.6. The standard InChI is InChI=1S/C12H14FNO7/c1-6(15)19-9-4-18-12(13,5-14)11(21-8(3)17)10(9)20-7(2)16/h9-11H,4H2,1-3H3/t9-,10-,11+,12+/m1/s1. The molecule has 1 aliphatic heterocycles. The molecular formula is C12H14FNO7. The second kappa shape index (κ2) is 6.49. The number of hydrogen-bond donors (Lipinski definition) is 0. The third-order valence-corrected chi connectivity index (χ3v) is 2.55. The number of ether oxygens (including phenoxy) is 4. The molecule has 0 N–H and O–H groups in total. The first-order valence-corrected chi connectivity index (χ1v) is 5.95. The van der Waals surface area contributed by atoms with Crippen LogP contribution in [0.1, 0.15) is 20.8 Å². The summed E-state index contributed by atoms with van der Waals surface area (Å²) in [6, 6.07) is 1.21. The third-order valence-electron chi connectivity index (χ3n) is 2.55. The van der Waals surface area contributed by atoms with E-state index in [9.17, 15) is 18.8 Å². The van der Waals surface area contributed by atoms with Crippen molar-refractivity contribution in [3.8, 4) is 6.07 Å². The zero-order valence-corrected chi connectivity index (χ0v) is 11.6. The molecule has 0 amide bonds. The number of carbonyl (C=O) groups is 3. The number of alkyl halides is 1.